The third kappa shape index (κ3) is 3.38. The molecule has 0 amide bonds. The fourth-order valence-electron chi connectivity index (χ4n) is 2.69. The highest BCUT2D eigenvalue weighted by Crippen LogP contribution is 2.30. The maximum Gasteiger partial charge on any atom is 0.312 e. The number of ether oxygens (including phenoxy) is 1. The van der Waals surface area contributed by atoms with E-state index in [0.717, 1.165) is 0 Å². The summed E-state index contributed by atoms with van der Waals surface area (Å²) in [6.45, 7) is 3.65. The molecule has 10 heteroatoms. The van der Waals surface area contributed by atoms with E-state index in [-0.39, 0.29) is 5.69 Å². The average Bonchev–Trinajstić information content (AvgIpc) is 3.17. The van der Waals surface area contributed by atoms with E-state index in [0.29, 0.717) is 52.4 Å². The van der Waals surface area contributed by atoms with Crippen LogP contribution in [0.25, 0.3) is 11.4 Å². The molecule has 0 aliphatic carbocycles. The first kappa shape index (κ1) is 17.9. The molecule has 1 aromatic carbocycles. The Morgan fingerprint density at radius 1 is 1.38 bits per heavy atom. The molecule has 2 aromatic heterocycles. The molecule has 3 rings (SSSR count). The summed E-state index contributed by atoms with van der Waals surface area (Å²) in [5.74, 6) is 1.33. The summed E-state index contributed by atoms with van der Waals surface area (Å²) in [5.41, 5.74) is 1.52. The SMILES string of the molecule is COc1ccc(Cl)cc1-c1noc(CCn2nc(C)c([N+](=O)[O-])c2C)n1. The molecule has 0 N–H and O–H groups in total. The molecular weight excluding hydrogens is 362 g/mol. The van der Waals surface area contributed by atoms with Gasteiger partial charge < -0.3 is 9.26 Å². The number of aromatic nitrogens is 4. The van der Waals surface area contributed by atoms with Crippen LogP contribution in [0.1, 0.15) is 17.3 Å². The van der Waals surface area contributed by atoms with Gasteiger partial charge in [0.2, 0.25) is 11.7 Å². The van der Waals surface area contributed by atoms with Gasteiger partial charge in [-0.2, -0.15) is 10.1 Å². The van der Waals surface area contributed by atoms with Crippen LogP contribution < -0.4 is 4.74 Å². The quantitative estimate of drug-likeness (QED) is 0.478. The third-order valence-corrected chi connectivity index (χ3v) is 4.17. The van der Waals surface area contributed by atoms with Gasteiger partial charge >= 0.3 is 5.69 Å². The lowest BCUT2D eigenvalue weighted by Crippen LogP contribution is -2.06. The predicted octanol–water partition coefficient (Wildman–Crippen LogP) is 3.36. The van der Waals surface area contributed by atoms with E-state index >= 15 is 0 Å². The highest BCUT2D eigenvalue weighted by molar-refractivity contribution is 6.30. The number of benzene rings is 1. The van der Waals surface area contributed by atoms with Crippen LogP contribution in [-0.2, 0) is 13.0 Å². The van der Waals surface area contributed by atoms with Crippen molar-refractivity contribution in [2.45, 2.75) is 26.8 Å². The van der Waals surface area contributed by atoms with Gasteiger partial charge in [0.15, 0.2) is 0 Å². The minimum atomic E-state index is -0.426. The second-order valence-corrected chi connectivity index (χ2v) is 6.04. The van der Waals surface area contributed by atoms with E-state index in [1.165, 1.54) is 0 Å². The Hall–Kier alpha value is -2.94. The van der Waals surface area contributed by atoms with Gasteiger partial charge in [-0.1, -0.05) is 16.8 Å². The first-order chi connectivity index (χ1) is 12.4. The molecule has 136 valence electrons. The van der Waals surface area contributed by atoms with Crippen LogP contribution in [0.15, 0.2) is 22.7 Å². The molecule has 9 nitrogen and oxygen atoms in total. The number of halogens is 1. The minimum absolute atomic E-state index is 0.0277. The zero-order chi connectivity index (χ0) is 18.8. The number of hydrogen-bond donors (Lipinski definition) is 0. The molecule has 0 unspecified atom stereocenters. The fourth-order valence-corrected chi connectivity index (χ4v) is 2.86. The summed E-state index contributed by atoms with van der Waals surface area (Å²) < 4.78 is 12.1. The van der Waals surface area contributed by atoms with Crippen molar-refractivity contribution in [3.05, 3.63) is 50.6 Å². The average molecular weight is 378 g/mol. The molecule has 2 heterocycles. The predicted molar refractivity (Wildman–Crippen MR) is 93.4 cm³/mol. The van der Waals surface area contributed by atoms with E-state index < -0.39 is 4.92 Å². The van der Waals surface area contributed by atoms with Crippen LogP contribution in [0.2, 0.25) is 5.02 Å². The lowest BCUT2D eigenvalue weighted by Gasteiger charge is -2.04. The van der Waals surface area contributed by atoms with Crippen molar-refractivity contribution in [2.75, 3.05) is 7.11 Å². The van der Waals surface area contributed by atoms with Crippen LogP contribution in [0.3, 0.4) is 0 Å². The van der Waals surface area contributed by atoms with Crippen LogP contribution in [0.4, 0.5) is 5.69 Å². The molecule has 3 aromatic rings. The number of rotatable bonds is 6. The number of aryl methyl sites for hydroxylation is 3. The Bertz CT molecular complexity index is 966. The molecule has 0 atom stereocenters. The van der Waals surface area contributed by atoms with Crippen molar-refractivity contribution < 1.29 is 14.2 Å². The van der Waals surface area contributed by atoms with Crippen molar-refractivity contribution in [1.82, 2.24) is 19.9 Å². The molecule has 0 saturated carbocycles. The van der Waals surface area contributed by atoms with Crippen LogP contribution >= 0.6 is 11.6 Å². The van der Waals surface area contributed by atoms with Crippen molar-refractivity contribution in [3.63, 3.8) is 0 Å². The Balaban J connectivity index is 1.79. The standard InChI is InChI=1S/C16H16ClN5O4/c1-9-15(22(23)24)10(2)21(19-9)7-6-14-18-16(20-26-14)12-8-11(17)4-5-13(12)25-3/h4-5,8H,6-7H2,1-3H3. The van der Waals surface area contributed by atoms with Crippen molar-refractivity contribution in [1.29, 1.82) is 0 Å². The molecule has 0 bridgehead atoms. The molecule has 26 heavy (non-hydrogen) atoms. The van der Waals surface area contributed by atoms with Gasteiger partial charge in [0, 0.05) is 11.4 Å². The van der Waals surface area contributed by atoms with E-state index in [1.54, 1.807) is 43.8 Å². The first-order valence-electron chi connectivity index (χ1n) is 7.75. The smallest absolute Gasteiger partial charge is 0.312 e. The van der Waals surface area contributed by atoms with Gasteiger partial charge in [-0.15, -0.1) is 0 Å². The zero-order valence-electron chi connectivity index (χ0n) is 14.4. The van der Waals surface area contributed by atoms with Gasteiger partial charge in [0.05, 0.1) is 24.1 Å². The van der Waals surface area contributed by atoms with Crippen LogP contribution in [0, 0.1) is 24.0 Å². The molecule has 0 radical (unpaired) electrons. The van der Waals surface area contributed by atoms with Crippen molar-refractivity contribution >= 4 is 17.3 Å². The third-order valence-electron chi connectivity index (χ3n) is 3.93. The van der Waals surface area contributed by atoms with E-state index in [4.69, 9.17) is 20.9 Å². The molecule has 0 fully saturated rings. The first-order valence-corrected chi connectivity index (χ1v) is 8.13. The van der Waals surface area contributed by atoms with Gasteiger partial charge in [0.25, 0.3) is 0 Å². The number of methoxy groups -OCH3 is 1. The molecule has 0 spiro atoms. The fraction of sp³-hybridized carbons (Fsp3) is 0.312. The van der Waals surface area contributed by atoms with Gasteiger partial charge in [-0.25, -0.2) is 0 Å². The lowest BCUT2D eigenvalue weighted by molar-refractivity contribution is -0.386. The van der Waals surface area contributed by atoms with Gasteiger partial charge in [-0.05, 0) is 32.0 Å². The normalized spacial score (nSPS) is 10.9. The Morgan fingerprint density at radius 3 is 2.81 bits per heavy atom. The second-order valence-electron chi connectivity index (χ2n) is 5.61. The van der Waals surface area contributed by atoms with E-state index in [2.05, 4.69) is 15.2 Å². The van der Waals surface area contributed by atoms with Gasteiger partial charge in [-0.3, -0.25) is 14.8 Å². The summed E-state index contributed by atoms with van der Waals surface area (Å²) in [7, 11) is 1.55. The van der Waals surface area contributed by atoms with Crippen LogP contribution in [0.5, 0.6) is 5.75 Å². The van der Waals surface area contributed by atoms with Crippen molar-refractivity contribution in [3.8, 4) is 17.1 Å². The Morgan fingerprint density at radius 2 is 2.15 bits per heavy atom. The van der Waals surface area contributed by atoms with Crippen LogP contribution in [-0.4, -0.2) is 32.0 Å². The highest BCUT2D eigenvalue weighted by atomic mass is 35.5. The Labute approximate surface area is 153 Å². The summed E-state index contributed by atoms with van der Waals surface area (Å²) in [6.07, 6.45) is 0.384. The van der Waals surface area contributed by atoms with Crippen molar-refractivity contribution in [2.24, 2.45) is 0 Å². The number of hydrogen-bond acceptors (Lipinski definition) is 7. The number of nitro groups is 1. The minimum Gasteiger partial charge on any atom is -0.496 e. The molecule has 0 aliphatic rings. The van der Waals surface area contributed by atoms with E-state index in [1.807, 2.05) is 0 Å². The zero-order valence-corrected chi connectivity index (χ0v) is 15.1. The maximum atomic E-state index is 11.1. The summed E-state index contributed by atoms with van der Waals surface area (Å²) >= 11 is 6.02. The lowest BCUT2D eigenvalue weighted by atomic mass is 10.2. The maximum absolute atomic E-state index is 11.1. The van der Waals surface area contributed by atoms with E-state index in [9.17, 15) is 10.1 Å². The summed E-state index contributed by atoms with van der Waals surface area (Å²) in [4.78, 5) is 15.0. The van der Waals surface area contributed by atoms with Gasteiger partial charge in [0.1, 0.15) is 17.1 Å². The topological polar surface area (TPSA) is 109 Å². The highest BCUT2D eigenvalue weighted by Gasteiger charge is 2.22. The molecular formula is C16H16ClN5O4. The largest absolute Gasteiger partial charge is 0.496 e. The monoisotopic (exact) mass is 377 g/mol. The Kier molecular flexibility index (Phi) is 4.90. The summed E-state index contributed by atoms with van der Waals surface area (Å²) in [6, 6.07) is 5.13. The molecule has 0 aliphatic heterocycles. The number of nitrogens with zero attached hydrogens (tertiary/aromatic N) is 5. The molecule has 0 saturated heterocycles. The summed E-state index contributed by atoms with van der Waals surface area (Å²) in [5, 5.41) is 19.8. The second kappa shape index (κ2) is 7.12.